The van der Waals surface area contributed by atoms with Gasteiger partial charge in [0.05, 0.1) is 19.6 Å². The van der Waals surface area contributed by atoms with E-state index in [1.165, 1.54) is 34.2 Å². The highest BCUT2D eigenvalue weighted by Gasteiger charge is 2.22. The van der Waals surface area contributed by atoms with Gasteiger partial charge in [-0.15, -0.1) is 11.3 Å². The van der Waals surface area contributed by atoms with Crippen LogP contribution in [0.4, 0.5) is 5.82 Å². The van der Waals surface area contributed by atoms with Gasteiger partial charge in [-0.25, -0.2) is 9.97 Å². The molecule has 142 valence electrons. The van der Waals surface area contributed by atoms with Gasteiger partial charge in [0.1, 0.15) is 17.0 Å². The Morgan fingerprint density at radius 2 is 2.04 bits per heavy atom. The minimum Gasteiger partial charge on any atom is -0.493 e. The number of aromatic nitrogens is 2. The van der Waals surface area contributed by atoms with Gasteiger partial charge in [0.2, 0.25) is 0 Å². The Labute approximate surface area is 163 Å². The fraction of sp³-hybridized carbons (Fsp3) is 0.429. The lowest BCUT2D eigenvalue weighted by Gasteiger charge is -2.18. The van der Waals surface area contributed by atoms with E-state index in [1.54, 1.807) is 20.5 Å². The molecule has 0 unspecified atom stereocenters. The molecule has 2 heterocycles. The van der Waals surface area contributed by atoms with Crippen LogP contribution in [0.15, 0.2) is 24.5 Å². The molecular formula is C21H25N3O2S. The third-order valence-corrected chi connectivity index (χ3v) is 6.41. The Balaban J connectivity index is 1.51. The molecule has 2 aromatic heterocycles. The molecular weight excluding hydrogens is 358 g/mol. The number of ether oxygens (including phenoxy) is 2. The van der Waals surface area contributed by atoms with Crippen molar-refractivity contribution in [3.63, 3.8) is 0 Å². The third kappa shape index (κ3) is 3.58. The second-order valence-corrected chi connectivity index (χ2v) is 8.20. The number of fused-ring (bicyclic) bond motifs is 3. The molecule has 0 aliphatic heterocycles. The van der Waals surface area contributed by atoms with Crippen molar-refractivity contribution in [2.24, 2.45) is 5.92 Å². The van der Waals surface area contributed by atoms with E-state index in [4.69, 9.17) is 9.47 Å². The highest BCUT2D eigenvalue weighted by atomic mass is 32.1. The van der Waals surface area contributed by atoms with E-state index in [1.807, 2.05) is 23.5 Å². The molecule has 0 fully saturated rings. The molecule has 6 heteroatoms. The van der Waals surface area contributed by atoms with Crippen LogP contribution in [0.3, 0.4) is 0 Å². The summed E-state index contributed by atoms with van der Waals surface area (Å²) in [5.41, 5.74) is 2.66. The van der Waals surface area contributed by atoms with Gasteiger partial charge in [0.15, 0.2) is 11.5 Å². The Morgan fingerprint density at radius 1 is 1.19 bits per heavy atom. The molecule has 27 heavy (non-hydrogen) atoms. The average molecular weight is 384 g/mol. The summed E-state index contributed by atoms with van der Waals surface area (Å²) in [5, 5.41) is 4.77. The van der Waals surface area contributed by atoms with Gasteiger partial charge in [0, 0.05) is 11.4 Å². The van der Waals surface area contributed by atoms with Gasteiger partial charge in [-0.3, -0.25) is 0 Å². The maximum absolute atomic E-state index is 5.39. The predicted octanol–water partition coefficient (Wildman–Crippen LogP) is 4.49. The van der Waals surface area contributed by atoms with Gasteiger partial charge in [-0.05, 0) is 54.9 Å². The monoisotopic (exact) mass is 383 g/mol. The van der Waals surface area contributed by atoms with Crippen molar-refractivity contribution in [2.45, 2.75) is 32.6 Å². The second-order valence-electron chi connectivity index (χ2n) is 7.12. The normalized spacial score (nSPS) is 16.2. The first-order valence-electron chi connectivity index (χ1n) is 9.39. The standard InChI is InChI=1S/C21H25N3O2S/c1-13-4-6-15-18(10-13)27-21-19(15)20(23-12-24-21)22-9-8-14-5-7-16(25-2)17(11-14)26-3/h5,7,11-13H,4,6,8-10H2,1-3H3,(H,22,23,24)/t13-/m0/s1. The van der Waals surface area contributed by atoms with Crippen LogP contribution in [0.25, 0.3) is 10.2 Å². The lowest BCUT2D eigenvalue weighted by molar-refractivity contribution is 0.354. The quantitative estimate of drug-likeness (QED) is 0.680. The summed E-state index contributed by atoms with van der Waals surface area (Å²) in [4.78, 5) is 11.7. The topological polar surface area (TPSA) is 56.3 Å². The summed E-state index contributed by atoms with van der Waals surface area (Å²) in [6.45, 7) is 3.14. The molecule has 1 aromatic carbocycles. The number of rotatable bonds is 6. The van der Waals surface area contributed by atoms with Gasteiger partial charge in [-0.1, -0.05) is 13.0 Å². The van der Waals surface area contributed by atoms with Crippen molar-refractivity contribution in [1.82, 2.24) is 9.97 Å². The summed E-state index contributed by atoms with van der Waals surface area (Å²) >= 11 is 1.83. The van der Waals surface area contributed by atoms with Gasteiger partial charge in [-0.2, -0.15) is 0 Å². The number of thiophene rings is 1. The molecule has 5 nitrogen and oxygen atoms in total. The first kappa shape index (κ1) is 18.0. The van der Waals surface area contributed by atoms with E-state index >= 15 is 0 Å². The van der Waals surface area contributed by atoms with Crippen LogP contribution in [-0.4, -0.2) is 30.7 Å². The summed E-state index contributed by atoms with van der Waals surface area (Å²) in [5.74, 6) is 3.25. The average Bonchev–Trinajstić information content (AvgIpc) is 3.06. The minimum absolute atomic E-state index is 0.755. The zero-order valence-corrected chi connectivity index (χ0v) is 16.9. The van der Waals surface area contributed by atoms with Crippen molar-refractivity contribution in [3.8, 4) is 11.5 Å². The van der Waals surface area contributed by atoms with Gasteiger partial charge < -0.3 is 14.8 Å². The lowest BCUT2D eigenvalue weighted by Crippen LogP contribution is -2.10. The molecule has 0 radical (unpaired) electrons. The summed E-state index contributed by atoms with van der Waals surface area (Å²) in [7, 11) is 3.32. The molecule has 0 bridgehead atoms. The smallest absolute Gasteiger partial charge is 0.160 e. The molecule has 4 rings (SSSR count). The number of hydrogen-bond acceptors (Lipinski definition) is 6. The third-order valence-electron chi connectivity index (χ3n) is 5.25. The molecule has 3 aromatic rings. The van der Waals surface area contributed by atoms with E-state index in [0.29, 0.717) is 0 Å². The first-order valence-corrected chi connectivity index (χ1v) is 10.2. The Kier molecular flexibility index (Phi) is 5.16. The Bertz CT molecular complexity index is 954. The van der Waals surface area contributed by atoms with Crippen LogP contribution in [-0.2, 0) is 19.3 Å². The van der Waals surface area contributed by atoms with E-state index in [0.717, 1.165) is 47.5 Å². The van der Waals surface area contributed by atoms with Crippen LogP contribution in [0.5, 0.6) is 11.5 Å². The van der Waals surface area contributed by atoms with E-state index in [9.17, 15) is 0 Å². The number of methoxy groups -OCH3 is 2. The zero-order chi connectivity index (χ0) is 18.8. The highest BCUT2D eigenvalue weighted by molar-refractivity contribution is 7.19. The van der Waals surface area contributed by atoms with Crippen LogP contribution in [0.1, 0.15) is 29.3 Å². The van der Waals surface area contributed by atoms with E-state index < -0.39 is 0 Å². The number of benzene rings is 1. The highest BCUT2D eigenvalue weighted by Crippen LogP contribution is 2.39. The maximum atomic E-state index is 5.39. The van der Waals surface area contributed by atoms with Gasteiger partial charge >= 0.3 is 0 Å². The van der Waals surface area contributed by atoms with E-state index in [2.05, 4.69) is 28.3 Å². The predicted molar refractivity (Wildman–Crippen MR) is 110 cm³/mol. The maximum Gasteiger partial charge on any atom is 0.160 e. The van der Waals surface area contributed by atoms with Crippen LogP contribution in [0.2, 0.25) is 0 Å². The van der Waals surface area contributed by atoms with Gasteiger partial charge in [0.25, 0.3) is 0 Å². The summed E-state index contributed by atoms with van der Waals surface area (Å²) in [6.07, 6.45) is 6.11. The largest absolute Gasteiger partial charge is 0.493 e. The Morgan fingerprint density at radius 3 is 2.85 bits per heavy atom. The first-order chi connectivity index (χ1) is 13.2. The number of aryl methyl sites for hydroxylation is 1. The van der Waals surface area contributed by atoms with Crippen molar-refractivity contribution in [3.05, 3.63) is 40.5 Å². The van der Waals surface area contributed by atoms with Crippen LogP contribution >= 0.6 is 11.3 Å². The molecule has 1 N–H and O–H groups in total. The molecule has 1 aliphatic carbocycles. The molecule has 0 spiro atoms. The SMILES string of the molecule is COc1ccc(CCNc2ncnc3sc4c(c23)CC[C@H](C)C4)cc1OC. The number of hydrogen-bond donors (Lipinski definition) is 1. The Hall–Kier alpha value is -2.34. The van der Waals surface area contributed by atoms with Crippen molar-refractivity contribution >= 4 is 27.4 Å². The summed E-state index contributed by atoms with van der Waals surface area (Å²) < 4.78 is 10.7. The fourth-order valence-corrected chi connectivity index (χ4v) is 5.12. The molecule has 0 saturated carbocycles. The number of anilines is 1. The minimum atomic E-state index is 0.755. The van der Waals surface area contributed by atoms with Crippen LogP contribution in [0, 0.1) is 5.92 Å². The number of nitrogens with one attached hydrogen (secondary N) is 1. The molecule has 1 aliphatic rings. The lowest BCUT2D eigenvalue weighted by atomic mass is 9.89. The van der Waals surface area contributed by atoms with Crippen molar-refractivity contribution < 1.29 is 9.47 Å². The fourth-order valence-electron chi connectivity index (χ4n) is 3.77. The number of nitrogens with zero attached hydrogens (tertiary/aromatic N) is 2. The van der Waals surface area contributed by atoms with Crippen LogP contribution < -0.4 is 14.8 Å². The molecule has 1 atom stereocenters. The zero-order valence-electron chi connectivity index (χ0n) is 16.0. The molecule has 0 saturated heterocycles. The molecule has 0 amide bonds. The summed E-state index contributed by atoms with van der Waals surface area (Å²) in [6, 6.07) is 6.06. The second kappa shape index (κ2) is 7.72. The van der Waals surface area contributed by atoms with E-state index in [-0.39, 0.29) is 0 Å². The van der Waals surface area contributed by atoms with Crippen molar-refractivity contribution in [1.29, 1.82) is 0 Å². The van der Waals surface area contributed by atoms with Crippen molar-refractivity contribution in [2.75, 3.05) is 26.1 Å².